The van der Waals surface area contributed by atoms with E-state index in [4.69, 9.17) is 9.47 Å². The fraction of sp³-hybridized carbons (Fsp3) is 0.458. The first-order valence-electron chi connectivity index (χ1n) is 11.0. The van der Waals surface area contributed by atoms with Crippen LogP contribution in [0.5, 0.6) is 5.75 Å². The van der Waals surface area contributed by atoms with E-state index in [1.807, 2.05) is 57.2 Å². The summed E-state index contributed by atoms with van der Waals surface area (Å²) in [6.07, 6.45) is 1.88. The van der Waals surface area contributed by atoms with Gasteiger partial charge in [0.15, 0.2) is 0 Å². The van der Waals surface area contributed by atoms with Crippen LogP contribution in [0.1, 0.15) is 27.2 Å². The number of hydrogen-bond donors (Lipinski definition) is 1. The molecule has 0 aliphatic carbocycles. The van der Waals surface area contributed by atoms with Gasteiger partial charge in [0.2, 0.25) is 5.91 Å². The van der Waals surface area contributed by atoms with Gasteiger partial charge in [-0.25, -0.2) is 9.78 Å². The van der Waals surface area contributed by atoms with Crippen LogP contribution in [0.2, 0.25) is 0 Å². The fourth-order valence-corrected chi connectivity index (χ4v) is 4.11. The van der Waals surface area contributed by atoms with Crippen LogP contribution in [0.3, 0.4) is 0 Å². The number of anilines is 2. The van der Waals surface area contributed by atoms with E-state index < -0.39 is 5.60 Å². The molecule has 0 radical (unpaired) electrons. The molecule has 0 bridgehead atoms. The van der Waals surface area contributed by atoms with E-state index in [2.05, 4.69) is 15.2 Å². The first-order valence-corrected chi connectivity index (χ1v) is 12.0. The predicted octanol–water partition coefficient (Wildman–Crippen LogP) is 4.27. The monoisotopic (exact) mass is 472 g/mol. The number of carbonyl (C=O) groups excluding carboxylic acids is 2. The molecular formula is C24H32N4O4S. The number of pyridine rings is 1. The summed E-state index contributed by atoms with van der Waals surface area (Å²) in [5.74, 6) is 1.96. The molecule has 2 amide bonds. The number of carbonyl (C=O) groups is 2. The minimum atomic E-state index is -0.493. The van der Waals surface area contributed by atoms with Crippen molar-refractivity contribution < 1.29 is 19.1 Å². The molecule has 2 heterocycles. The molecule has 3 rings (SSSR count). The SMILES string of the molecule is COc1ccc(SCCC(=O)Nc2ccc(N3CCN(C(=O)OC(C)(C)C)CC3)cn2)cc1. The minimum absolute atomic E-state index is 0.0674. The molecule has 0 saturated carbocycles. The standard InChI is InChI=1S/C24H32N4O4S/c1-24(2,3)32-23(30)28-14-12-27(13-15-28)18-5-10-21(25-17-18)26-22(29)11-16-33-20-8-6-19(31-4)7-9-20/h5-10,17H,11-16H2,1-4H3,(H,25,26,29). The van der Waals surface area contributed by atoms with E-state index in [0.717, 1.165) is 16.3 Å². The molecule has 1 aromatic heterocycles. The normalized spacial score (nSPS) is 14.1. The van der Waals surface area contributed by atoms with Gasteiger partial charge < -0.3 is 24.6 Å². The first-order chi connectivity index (χ1) is 15.7. The van der Waals surface area contributed by atoms with Crippen molar-refractivity contribution in [2.24, 2.45) is 0 Å². The van der Waals surface area contributed by atoms with Crippen LogP contribution in [-0.2, 0) is 9.53 Å². The summed E-state index contributed by atoms with van der Waals surface area (Å²) < 4.78 is 10.6. The number of methoxy groups -OCH3 is 1. The number of aromatic nitrogens is 1. The molecule has 9 heteroatoms. The molecular weight excluding hydrogens is 440 g/mol. The molecule has 0 spiro atoms. The van der Waals surface area contributed by atoms with E-state index in [1.54, 1.807) is 30.0 Å². The largest absolute Gasteiger partial charge is 0.497 e. The molecule has 1 saturated heterocycles. The third kappa shape index (κ3) is 7.85. The van der Waals surface area contributed by atoms with Crippen LogP contribution in [0, 0.1) is 0 Å². The Balaban J connectivity index is 1.40. The van der Waals surface area contributed by atoms with Gasteiger partial charge in [-0.05, 0) is 57.2 Å². The van der Waals surface area contributed by atoms with Crippen molar-refractivity contribution in [3.8, 4) is 5.75 Å². The second-order valence-corrected chi connectivity index (χ2v) is 9.85. The number of hydrogen-bond acceptors (Lipinski definition) is 7. The van der Waals surface area contributed by atoms with Gasteiger partial charge in [0.25, 0.3) is 0 Å². The van der Waals surface area contributed by atoms with E-state index in [9.17, 15) is 9.59 Å². The van der Waals surface area contributed by atoms with Crippen LogP contribution in [0.4, 0.5) is 16.3 Å². The maximum Gasteiger partial charge on any atom is 0.410 e. The summed E-state index contributed by atoms with van der Waals surface area (Å²) in [4.78, 5) is 33.8. The zero-order valence-electron chi connectivity index (χ0n) is 19.7. The van der Waals surface area contributed by atoms with Crippen LogP contribution in [0.15, 0.2) is 47.5 Å². The van der Waals surface area contributed by atoms with Gasteiger partial charge >= 0.3 is 6.09 Å². The Morgan fingerprint density at radius 1 is 1.06 bits per heavy atom. The lowest BCUT2D eigenvalue weighted by atomic mass is 10.2. The van der Waals surface area contributed by atoms with E-state index in [1.165, 1.54) is 0 Å². The number of nitrogens with zero attached hydrogens (tertiary/aromatic N) is 3. The van der Waals surface area contributed by atoms with Crippen molar-refractivity contribution >= 4 is 35.3 Å². The van der Waals surface area contributed by atoms with Gasteiger partial charge in [-0.1, -0.05) is 0 Å². The second-order valence-electron chi connectivity index (χ2n) is 8.68. The van der Waals surface area contributed by atoms with Crippen molar-refractivity contribution in [2.75, 3.05) is 49.3 Å². The number of rotatable bonds is 7. The van der Waals surface area contributed by atoms with Crippen LogP contribution in [0.25, 0.3) is 0 Å². The molecule has 1 N–H and O–H groups in total. The van der Waals surface area contributed by atoms with Crippen molar-refractivity contribution in [3.05, 3.63) is 42.6 Å². The van der Waals surface area contributed by atoms with Gasteiger partial charge in [-0.15, -0.1) is 11.8 Å². The molecule has 0 unspecified atom stereocenters. The van der Waals surface area contributed by atoms with Crippen molar-refractivity contribution in [1.29, 1.82) is 0 Å². The highest BCUT2D eigenvalue weighted by Gasteiger charge is 2.26. The Hall–Kier alpha value is -2.94. The topological polar surface area (TPSA) is 84.0 Å². The molecule has 178 valence electrons. The highest BCUT2D eigenvalue weighted by Crippen LogP contribution is 2.22. The Bertz CT molecular complexity index is 921. The Morgan fingerprint density at radius 2 is 1.76 bits per heavy atom. The Morgan fingerprint density at radius 3 is 2.33 bits per heavy atom. The number of piperazine rings is 1. The fourth-order valence-electron chi connectivity index (χ4n) is 3.26. The number of benzene rings is 1. The Labute approximate surface area is 199 Å². The van der Waals surface area contributed by atoms with Gasteiger partial charge in [0.1, 0.15) is 17.2 Å². The highest BCUT2D eigenvalue weighted by atomic mass is 32.2. The van der Waals surface area contributed by atoms with Crippen LogP contribution in [-0.4, -0.2) is 66.5 Å². The molecule has 8 nitrogen and oxygen atoms in total. The molecule has 1 fully saturated rings. The maximum atomic E-state index is 12.2. The van der Waals surface area contributed by atoms with Crippen LogP contribution >= 0.6 is 11.8 Å². The van der Waals surface area contributed by atoms with Gasteiger partial charge in [-0.2, -0.15) is 0 Å². The van der Waals surface area contributed by atoms with Crippen molar-refractivity contribution in [3.63, 3.8) is 0 Å². The summed E-state index contributed by atoms with van der Waals surface area (Å²) in [7, 11) is 1.64. The van der Waals surface area contributed by atoms with Crippen LogP contribution < -0.4 is 15.0 Å². The summed E-state index contributed by atoms with van der Waals surface area (Å²) in [6, 6.07) is 11.5. The first kappa shape index (κ1) is 24.7. The van der Waals surface area contributed by atoms with Gasteiger partial charge in [-0.3, -0.25) is 4.79 Å². The number of thioether (sulfide) groups is 1. The molecule has 2 aromatic rings. The van der Waals surface area contributed by atoms with E-state index in [-0.39, 0.29) is 12.0 Å². The molecule has 0 atom stereocenters. The smallest absolute Gasteiger partial charge is 0.410 e. The average molecular weight is 473 g/mol. The van der Waals surface area contributed by atoms with E-state index >= 15 is 0 Å². The van der Waals surface area contributed by atoms with Crippen molar-refractivity contribution in [2.45, 2.75) is 37.7 Å². The van der Waals surface area contributed by atoms with Crippen molar-refractivity contribution in [1.82, 2.24) is 9.88 Å². The second kappa shape index (κ2) is 11.3. The lowest BCUT2D eigenvalue weighted by Crippen LogP contribution is -2.50. The zero-order valence-corrected chi connectivity index (χ0v) is 20.5. The lowest BCUT2D eigenvalue weighted by Gasteiger charge is -2.36. The Kier molecular flexibility index (Phi) is 8.43. The molecule has 1 aliphatic rings. The summed E-state index contributed by atoms with van der Waals surface area (Å²) in [5, 5.41) is 2.85. The average Bonchev–Trinajstić information content (AvgIpc) is 2.79. The number of amides is 2. The van der Waals surface area contributed by atoms with Gasteiger partial charge in [0.05, 0.1) is 19.0 Å². The minimum Gasteiger partial charge on any atom is -0.497 e. The summed E-state index contributed by atoms with van der Waals surface area (Å²) in [6.45, 7) is 8.20. The van der Waals surface area contributed by atoms with E-state index in [0.29, 0.717) is 44.2 Å². The molecule has 1 aromatic carbocycles. The highest BCUT2D eigenvalue weighted by molar-refractivity contribution is 7.99. The predicted molar refractivity (Wildman–Crippen MR) is 131 cm³/mol. The maximum absolute atomic E-state index is 12.2. The molecule has 33 heavy (non-hydrogen) atoms. The zero-order chi connectivity index (χ0) is 23.8. The number of ether oxygens (including phenoxy) is 2. The summed E-state index contributed by atoms with van der Waals surface area (Å²) >= 11 is 1.62. The third-order valence-corrected chi connectivity index (χ3v) is 5.98. The number of nitrogens with one attached hydrogen (secondary N) is 1. The quantitative estimate of drug-likeness (QED) is 0.603. The molecule has 1 aliphatic heterocycles. The van der Waals surface area contributed by atoms with Gasteiger partial charge in [0, 0.05) is 43.2 Å². The third-order valence-electron chi connectivity index (χ3n) is 4.97. The lowest BCUT2D eigenvalue weighted by molar-refractivity contribution is -0.115. The summed E-state index contributed by atoms with van der Waals surface area (Å²) in [5.41, 5.74) is 0.471.